The van der Waals surface area contributed by atoms with Gasteiger partial charge in [-0.3, -0.25) is 0 Å². The molecule has 1 unspecified atom stereocenters. The summed E-state index contributed by atoms with van der Waals surface area (Å²) in [6.45, 7) is 6.14. The molecule has 1 aromatic heterocycles. The second kappa shape index (κ2) is 4.06. The number of hydrogen-bond donors (Lipinski definition) is 2. The molecule has 0 amide bonds. The van der Waals surface area contributed by atoms with Crippen molar-refractivity contribution in [3.05, 3.63) is 11.9 Å². The molecule has 5 heteroatoms. The van der Waals surface area contributed by atoms with E-state index in [1.54, 1.807) is 10.9 Å². The first-order valence-corrected chi connectivity index (χ1v) is 4.81. The van der Waals surface area contributed by atoms with E-state index in [1.807, 2.05) is 20.8 Å². The monoisotopic (exact) mass is 198 g/mol. The lowest BCUT2D eigenvalue weighted by Gasteiger charge is -2.13. The number of nitrogens with two attached hydrogens (primary N) is 1. The molecule has 0 aliphatic rings. The van der Waals surface area contributed by atoms with Crippen molar-refractivity contribution >= 4 is 0 Å². The fraction of sp³-hybridized carbons (Fsp3) is 0.778. The SMILES string of the molecule is CCC(O)Cn1cc(C(C)(C)N)nn1. The van der Waals surface area contributed by atoms with Gasteiger partial charge in [0.1, 0.15) is 5.69 Å². The van der Waals surface area contributed by atoms with Gasteiger partial charge in [-0.05, 0) is 20.3 Å². The van der Waals surface area contributed by atoms with Crippen LogP contribution >= 0.6 is 0 Å². The molecule has 1 rings (SSSR count). The Morgan fingerprint density at radius 2 is 2.29 bits per heavy atom. The van der Waals surface area contributed by atoms with E-state index in [2.05, 4.69) is 10.3 Å². The lowest BCUT2D eigenvalue weighted by molar-refractivity contribution is 0.144. The second-order valence-electron chi connectivity index (χ2n) is 4.11. The molecule has 0 fully saturated rings. The van der Waals surface area contributed by atoms with Crippen LogP contribution in [0.2, 0.25) is 0 Å². The van der Waals surface area contributed by atoms with Crippen molar-refractivity contribution in [1.29, 1.82) is 0 Å². The predicted molar refractivity (Wildman–Crippen MR) is 53.5 cm³/mol. The van der Waals surface area contributed by atoms with E-state index in [4.69, 9.17) is 5.73 Å². The highest BCUT2D eigenvalue weighted by Crippen LogP contribution is 2.12. The van der Waals surface area contributed by atoms with Gasteiger partial charge in [0.15, 0.2) is 0 Å². The third-order valence-corrected chi connectivity index (χ3v) is 2.07. The second-order valence-corrected chi connectivity index (χ2v) is 4.11. The minimum absolute atomic E-state index is 0.370. The van der Waals surface area contributed by atoms with Crippen molar-refractivity contribution < 1.29 is 5.11 Å². The Hall–Kier alpha value is -0.940. The average molecular weight is 198 g/mol. The molecule has 14 heavy (non-hydrogen) atoms. The van der Waals surface area contributed by atoms with Crippen LogP contribution in [0.1, 0.15) is 32.9 Å². The number of aromatic nitrogens is 3. The number of rotatable bonds is 4. The third-order valence-electron chi connectivity index (χ3n) is 2.07. The van der Waals surface area contributed by atoms with E-state index >= 15 is 0 Å². The Bertz CT molecular complexity index is 289. The fourth-order valence-corrected chi connectivity index (χ4v) is 1.03. The Balaban J connectivity index is 2.69. The minimum atomic E-state index is -0.477. The summed E-state index contributed by atoms with van der Waals surface area (Å²) >= 11 is 0. The van der Waals surface area contributed by atoms with Gasteiger partial charge in [0.25, 0.3) is 0 Å². The first kappa shape index (κ1) is 11.1. The molecule has 0 saturated heterocycles. The summed E-state index contributed by atoms with van der Waals surface area (Å²) < 4.78 is 1.62. The molecule has 0 radical (unpaired) electrons. The Morgan fingerprint density at radius 3 is 2.71 bits per heavy atom. The molecule has 0 aliphatic heterocycles. The Labute approximate surface area is 83.9 Å². The van der Waals surface area contributed by atoms with Gasteiger partial charge < -0.3 is 10.8 Å². The van der Waals surface area contributed by atoms with Crippen LogP contribution in [-0.2, 0) is 12.1 Å². The van der Waals surface area contributed by atoms with Crippen LogP contribution in [0.3, 0.4) is 0 Å². The van der Waals surface area contributed by atoms with Crippen LogP contribution in [0.5, 0.6) is 0 Å². The first-order valence-electron chi connectivity index (χ1n) is 4.81. The summed E-state index contributed by atoms with van der Waals surface area (Å²) in [5.41, 5.74) is 6.12. The highest BCUT2D eigenvalue weighted by atomic mass is 16.3. The fourth-order valence-electron chi connectivity index (χ4n) is 1.03. The molecule has 1 heterocycles. The van der Waals surface area contributed by atoms with E-state index in [1.165, 1.54) is 0 Å². The predicted octanol–water partition coefficient (Wildman–Crippen LogP) is 0.243. The zero-order chi connectivity index (χ0) is 10.8. The number of aliphatic hydroxyl groups is 1. The Morgan fingerprint density at radius 1 is 1.64 bits per heavy atom. The van der Waals surface area contributed by atoms with Gasteiger partial charge in [0.05, 0.1) is 24.4 Å². The quantitative estimate of drug-likeness (QED) is 0.726. The van der Waals surface area contributed by atoms with Crippen molar-refractivity contribution in [3.63, 3.8) is 0 Å². The molecule has 1 aromatic rings. The van der Waals surface area contributed by atoms with Crippen molar-refractivity contribution in [3.8, 4) is 0 Å². The standard InChI is InChI=1S/C9H18N4O/c1-4-7(14)5-13-6-8(11-12-13)9(2,3)10/h6-7,14H,4-5,10H2,1-3H3. The first-order chi connectivity index (χ1) is 6.43. The van der Waals surface area contributed by atoms with Crippen molar-refractivity contribution in [2.75, 3.05) is 0 Å². The number of hydrogen-bond acceptors (Lipinski definition) is 4. The lowest BCUT2D eigenvalue weighted by atomic mass is 10.0. The van der Waals surface area contributed by atoms with Crippen LogP contribution < -0.4 is 5.73 Å². The smallest absolute Gasteiger partial charge is 0.102 e. The molecule has 3 N–H and O–H groups in total. The van der Waals surface area contributed by atoms with E-state index in [0.29, 0.717) is 13.0 Å². The van der Waals surface area contributed by atoms with Crippen LogP contribution in [0, 0.1) is 0 Å². The largest absolute Gasteiger partial charge is 0.391 e. The van der Waals surface area contributed by atoms with E-state index < -0.39 is 5.54 Å². The molecule has 0 aromatic carbocycles. The van der Waals surface area contributed by atoms with Crippen LogP contribution in [0.4, 0.5) is 0 Å². The molecular weight excluding hydrogens is 180 g/mol. The van der Waals surface area contributed by atoms with Gasteiger partial charge in [-0.25, -0.2) is 4.68 Å². The minimum Gasteiger partial charge on any atom is -0.391 e. The van der Waals surface area contributed by atoms with E-state index in [9.17, 15) is 5.11 Å². The molecule has 0 aliphatic carbocycles. The van der Waals surface area contributed by atoms with E-state index in [-0.39, 0.29) is 6.10 Å². The summed E-state index contributed by atoms with van der Waals surface area (Å²) in [6, 6.07) is 0. The maximum absolute atomic E-state index is 9.40. The summed E-state index contributed by atoms with van der Waals surface area (Å²) in [6.07, 6.45) is 2.12. The van der Waals surface area contributed by atoms with Gasteiger partial charge in [0, 0.05) is 0 Å². The van der Waals surface area contributed by atoms with Gasteiger partial charge in [-0.2, -0.15) is 0 Å². The molecule has 1 atom stereocenters. The highest BCUT2D eigenvalue weighted by molar-refractivity contribution is 5.05. The van der Waals surface area contributed by atoms with Crippen LogP contribution in [0.15, 0.2) is 6.20 Å². The van der Waals surface area contributed by atoms with Crippen LogP contribution in [0.25, 0.3) is 0 Å². The van der Waals surface area contributed by atoms with Crippen molar-refractivity contribution in [2.24, 2.45) is 5.73 Å². The van der Waals surface area contributed by atoms with Crippen molar-refractivity contribution in [1.82, 2.24) is 15.0 Å². The molecule has 5 nitrogen and oxygen atoms in total. The van der Waals surface area contributed by atoms with E-state index in [0.717, 1.165) is 5.69 Å². The zero-order valence-electron chi connectivity index (χ0n) is 8.94. The molecule has 0 bridgehead atoms. The Kier molecular flexibility index (Phi) is 3.23. The zero-order valence-corrected chi connectivity index (χ0v) is 8.94. The topological polar surface area (TPSA) is 77.0 Å². The molecule has 0 spiro atoms. The van der Waals surface area contributed by atoms with Crippen LogP contribution in [-0.4, -0.2) is 26.2 Å². The van der Waals surface area contributed by atoms with Gasteiger partial charge in [-0.1, -0.05) is 12.1 Å². The summed E-state index contributed by atoms with van der Waals surface area (Å²) in [4.78, 5) is 0. The molecular formula is C9H18N4O. The number of aliphatic hydroxyl groups excluding tert-OH is 1. The van der Waals surface area contributed by atoms with Crippen molar-refractivity contribution in [2.45, 2.75) is 45.4 Å². The normalized spacial score (nSPS) is 14.4. The number of nitrogens with zero attached hydrogens (tertiary/aromatic N) is 3. The molecule has 0 saturated carbocycles. The highest BCUT2D eigenvalue weighted by Gasteiger charge is 2.18. The summed E-state index contributed by atoms with van der Waals surface area (Å²) in [5.74, 6) is 0. The maximum Gasteiger partial charge on any atom is 0.102 e. The van der Waals surface area contributed by atoms with Gasteiger partial charge >= 0.3 is 0 Å². The third kappa shape index (κ3) is 2.78. The van der Waals surface area contributed by atoms with Gasteiger partial charge in [-0.15, -0.1) is 5.10 Å². The summed E-state index contributed by atoms with van der Waals surface area (Å²) in [5, 5.41) is 17.3. The maximum atomic E-state index is 9.40. The molecule has 80 valence electrons. The van der Waals surface area contributed by atoms with Gasteiger partial charge in [0.2, 0.25) is 0 Å². The summed E-state index contributed by atoms with van der Waals surface area (Å²) in [7, 11) is 0. The average Bonchev–Trinajstić information content (AvgIpc) is 2.51. The lowest BCUT2D eigenvalue weighted by Crippen LogP contribution is -2.29.